The van der Waals surface area contributed by atoms with E-state index >= 15 is 0 Å². The van der Waals surface area contributed by atoms with E-state index in [2.05, 4.69) is 36.2 Å². The Kier molecular flexibility index (Phi) is 9.10. The molecule has 224 valence electrons. The average molecular weight is 593 g/mol. The molecule has 2 aromatic heterocycles. The number of halogens is 3. The molecule has 4 aromatic rings. The zero-order valence-electron chi connectivity index (χ0n) is 23.1. The van der Waals surface area contributed by atoms with E-state index in [1.54, 1.807) is 48.5 Å². The molecule has 0 saturated heterocycles. The Hall–Kier alpha value is -4.65. The molecule has 5 rings (SSSR count). The molecule has 2 amide bonds. The third-order valence-corrected chi connectivity index (χ3v) is 7.72. The lowest BCUT2D eigenvalue weighted by Crippen LogP contribution is -2.48. The number of hydrogen-bond donors (Lipinski definition) is 4. The first kappa shape index (κ1) is 29.8. The molecule has 13 heteroatoms. The van der Waals surface area contributed by atoms with E-state index in [0.29, 0.717) is 40.7 Å². The maximum absolute atomic E-state index is 13.5. The average Bonchev–Trinajstić information content (AvgIpc) is 3.56. The predicted octanol–water partition coefficient (Wildman–Crippen LogP) is 4.38. The summed E-state index contributed by atoms with van der Waals surface area (Å²) in [6, 6.07) is 15.4. The molecule has 0 unspecified atom stereocenters. The van der Waals surface area contributed by atoms with Crippen LogP contribution in [0, 0.1) is 11.8 Å². The molecule has 0 radical (unpaired) electrons. The Morgan fingerprint density at radius 2 is 1.60 bits per heavy atom. The van der Waals surface area contributed by atoms with E-state index in [4.69, 9.17) is 5.73 Å². The Labute approximate surface area is 245 Å². The number of nitrogens with zero attached hydrogens (tertiary/aromatic N) is 4. The van der Waals surface area contributed by atoms with Gasteiger partial charge in [0.2, 0.25) is 17.6 Å². The van der Waals surface area contributed by atoms with E-state index in [1.165, 1.54) is 12.3 Å². The molecular weight excluding hydrogens is 561 g/mol. The monoisotopic (exact) mass is 592 g/mol. The first-order valence-corrected chi connectivity index (χ1v) is 14.0. The van der Waals surface area contributed by atoms with Gasteiger partial charge in [-0.2, -0.15) is 18.4 Å². The van der Waals surface area contributed by atoms with Crippen molar-refractivity contribution in [2.75, 3.05) is 11.9 Å². The molecule has 0 aliphatic heterocycles. The maximum atomic E-state index is 13.5. The number of rotatable bonds is 9. The van der Waals surface area contributed by atoms with Crippen molar-refractivity contribution < 1.29 is 22.8 Å². The molecule has 5 N–H and O–H groups in total. The highest BCUT2D eigenvalue weighted by atomic mass is 19.4. The first-order chi connectivity index (χ1) is 20.7. The van der Waals surface area contributed by atoms with Crippen molar-refractivity contribution in [2.24, 2.45) is 17.6 Å². The highest BCUT2D eigenvalue weighted by Crippen LogP contribution is 2.30. The minimum atomic E-state index is -4.51. The topological polar surface area (TPSA) is 152 Å². The third-order valence-electron chi connectivity index (χ3n) is 7.72. The predicted molar refractivity (Wildman–Crippen MR) is 153 cm³/mol. The molecule has 2 heterocycles. The van der Waals surface area contributed by atoms with Crippen molar-refractivity contribution >= 4 is 17.5 Å². The smallest absolute Gasteiger partial charge is 0.344 e. The second-order valence-electron chi connectivity index (χ2n) is 10.6. The van der Waals surface area contributed by atoms with Crippen molar-refractivity contribution in [3.05, 3.63) is 78.1 Å². The van der Waals surface area contributed by atoms with E-state index in [0.717, 1.165) is 37.3 Å². The van der Waals surface area contributed by atoms with Crippen LogP contribution in [0.2, 0.25) is 0 Å². The molecule has 43 heavy (non-hydrogen) atoms. The number of alkyl halides is 3. The van der Waals surface area contributed by atoms with Gasteiger partial charge in [0.1, 0.15) is 11.7 Å². The molecule has 0 spiro atoms. The van der Waals surface area contributed by atoms with Gasteiger partial charge in [-0.05, 0) is 84.8 Å². The van der Waals surface area contributed by atoms with Crippen molar-refractivity contribution in [3.63, 3.8) is 0 Å². The summed E-state index contributed by atoms with van der Waals surface area (Å²) in [5.74, 6) is 0.0876. The number of amides is 2. The number of benzene rings is 2. The minimum absolute atomic E-state index is 0.171. The van der Waals surface area contributed by atoms with E-state index in [-0.39, 0.29) is 24.2 Å². The summed E-state index contributed by atoms with van der Waals surface area (Å²) in [4.78, 5) is 30.2. The van der Waals surface area contributed by atoms with Gasteiger partial charge >= 0.3 is 6.18 Å². The lowest BCUT2D eigenvalue weighted by molar-refractivity contribution is -0.141. The maximum Gasteiger partial charge on any atom is 0.433 e. The summed E-state index contributed by atoms with van der Waals surface area (Å²) in [5, 5.41) is 19.7. The van der Waals surface area contributed by atoms with Crippen LogP contribution < -0.4 is 16.4 Å². The Bertz CT molecular complexity index is 1500. The standard InChI is InChI=1S/C30H31F3N8O2/c31-30(32,33)26-14-11-23(17-35-26)20-5-1-18(2-6-20)15-25(37-28(42)22-7-3-19(16-34)4-8-22)29(43)36-24-12-9-21(10-13-24)27-38-40-41-39-27/h1-2,5-6,9-14,17,19,22,25H,3-4,7-8,15-16,34H2,(H,36,43)(H,37,42)(H,38,39,40,41)/t19?,22?,25-/m0/s1. The number of aromatic amines is 1. The van der Waals surface area contributed by atoms with Crippen LogP contribution in [-0.4, -0.2) is 50.0 Å². The summed E-state index contributed by atoms with van der Waals surface area (Å²) in [6.45, 7) is 0.601. The molecule has 10 nitrogen and oxygen atoms in total. The minimum Gasteiger partial charge on any atom is -0.344 e. The fourth-order valence-corrected chi connectivity index (χ4v) is 5.18. The second-order valence-corrected chi connectivity index (χ2v) is 10.6. The fourth-order valence-electron chi connectivity index (χ4n) is 5.18. The number of nitrogens with two attached hydrogens (primary N) is 1. The van der Waals surface area contributed by atoms with Crippen LogP contribution in [0.3, 0.4) is 0 Å². The third kappa shape index (κ3) is 7.60. The van der Waals surface area contributed by atoms with Gasteiger partial charge in [0, 0.05) is 35.3 Å². The van der Waals surface area contributed by atoms with Crippen LogP contribution in [0.5, 0.6) is 0 Å². The fraction of sp³-hybridized carbons (Fsp3) is 0.333. The lowest BCUT2D eigenvalue weighted by Gasteiger charge is -2.28. The van der Waals surface area contributed by atoms with Gasteiger partial charge in [-0.15, -0.1) is 10.2 Å². The molecule has 2 aromatic carbocycles. The van der Waals surface area contributed by atoms with Gasteiger partial charge in [0.15, 0.2) is 0 Å². The molecule has 0 bridgehead atoms. The number of carbonyl (C=O) groups is 2. The summed E-state index contributed by atoms with van der Waals surface area (Å²) in [5.41, 5.74) is 8.06. The van der Waals surface area contributed by atoms with Gasteiger partial charge in [-0.1, -0.05) is 30.3 Å². The Morgan fingerprint density at radius 1 is 0.930 bits per heavy atom. The number of aromatic nitrogens is 5. The number of hydrogen-bond acceptors (Lipinski definition) is 7. The summed E-state index contributed by atoms with van der Waals surface area (Å²) in [6.07, 6.45) is 0.0596. The van der Waals surface area contributed by atoms with Gasteiger partial charge in [-0.3, -0.25) is 14.6 Å². The molecule has 1 fully saturated rings. The number of carbonyl (C=O) groups excluding carboxylic acids is 2. The van der Waals surface area contributed by atoms with Gasteiger partial charge < -0.3 is 16.4 Å². The van der Waals surface area contributed by atoms with Gasteiger partial charge in [-0.25, -0.2) is 0 Å². The van der Waals surface area contributed by atoms with Crippen molar-refractivity contribution in [1.29, 1.82) is 0 Å². The second kappa shape index (κ2) is 13.1. The lowest BCUT2D eigenvalue weighted by atomic mass is 9.81. The van der Waals surface area contributed by atoms with Crippen molar-refractivity contribution in [1.82, 2.24) is 30.9 Å². The van der Waals surface area contributed by atoms with Crippen LogP contribution in [0.4, 0.5) is 18.9 Å². The van der Waals surface area contributed by atoms with Crippen LogP contribution in [0.15, 0.2) is 66.9 Å². The van der Waals surface area contributed by atoms with Crippen LogP contribution in [-0.2, 0) is 22.2 Å². The number of pyridine rings is 1. The summed E-state index contributed by atoms with van der Waals surface area (Å²) < 4.78 is 38.6. The quantitative estimate of drug-likeness (QED) is 0.225. The highest BCUT2D eigenvalue weighted by molar-refractivity contribution is 5.97. The van der Waals surface area contributed by atoms with Crippen LogP contribution >= 0.6 is 0 Å². The van der Waals surface area contributed by atoms with Crippen molar-refractivity contribution in [3.8, 4) is 22.5 Å². The van der Waals surface area contributed by atoms with Crippen LogP contribution in [0.25, 0.3) is 22.5 Å². The van der Waals surface area contributed by atoms with Gasteiger partial charge in [0.25, 0.3) is 0 Å². The zero-order valence-corrected chi connectivity index (χ0v) is 23.1. The van der Waals surface area contributed by atoms with E-state index in [1.807, 2.05) is 0 Å². The Morgan fingerprint density at radius 3 is 2.19 bits per heavy atom. The first-order valence-electron chi connectivity index (χ1n) is 14.0. The largest absolute Gasteiger partial charge is 0.433 e. The number of tetrazole rings is 1. The normalized spacial score (nSPS) is 17.7. The number of nitrogens with one attached hydrogen (secondary N) is 3. The van der Waals surface area contributed by atoms with E-state index in [9.17, 15) is 22.8 Å². The van der Waals surface area contributed by atoms with Crippen LogP contribution in [0.1, 0.15) is 36.9 Å². The molecule has 1 atom stereocenters. The number of H-pyrrole nitrogens is 1. The Balaban J connectivity index is 1.29. The van der Waals surface area contributed by atoms with Crippen molar-refractivity contribution in [2.45, 2.75) is 44.3 Å². The SMILES string of the molecule is NCC1CCC(C(=O)N[C@@H](Cc2ccc(-c3ccc(C(F)(F)F)nc3)cc2)C(=O)Nc2ccc(-c3nn[nH]n3)cc2)CC1. The molecule has 1 aliphatic carbocycles. The summed E-state index contributed by atoms with van der Waals surface area (Å²) >= 11 is 0. The van der Waals surface area contributed by atoms with E-state index < -0.39 is 17.9 Å². The molecule has 1 saturated carbocycles. The highest BCUT2D eigenvalue weighted by Gasteiger charge is 2.32. The molecule has 1 aliphatic rings. The van der Waals surface area contributed by atoms with Gasteiger partial charge in [0.05, 0.1) is 0 Å². The number of anilines is 1. The molecular formula is C30H31F3N8O2. The zero-order chi connectivity index (χ0) is 30.4. The summed E-state index contributed by atoms with van der Waals surface area (Å²) in [7, 11) is 0.